The average molecular weight is 243 g/mol. The van der Waals surface area contributed by atoms with Crippen LogP contribution in [-0.4, -0.2) is 25.8 Å². The lowest BCUT2D eigenvalue weighted by molar-refractivity contribution is 0.0698. The van der Waals surface area contributed by atoms with Gasteiger partial charge in [0.05, 0.1) is 0 Å². The predicted molar refractivity (Wildman–Crippen MR) is 63.2 cm³/mol. The number of oxazole rings is 1. The molecule has 90 valence electrons. The fourth-order valence-corrected chi connectivity index (χ4v) is 1.76. The largest absolute Gasteiger partial charge is 0.478 e. The van der Waals surface area contributed by atoms with Gasteiger partial charge in [0.25, 0.3) is 0 Å². The second kappa shape index (κ2) is 3.69. The van der Waals surface area contributed by atoms with Crippen molar-refractivity contribution in [1.82, 2.24) is 14.8 Å². The summed E-state index contributed by atoms with van der Waals surface area (Å²) in [5, 5.41) is 13.2. The first kappa shape index (κ1) is 10.5. The number of hydrogen-bond acceptors (Lipinski definition) is 4. The van der Waals surface area contributed by atoms with Crippen LogP contribution in [0.5, 0.6) is 0 Å². The van der Waals surface area contributed by atoms with Crippen molar-refractivity contribution in [2.24, 2.45) is 7.05 Å². The van der Waals surface area contributed by atoms with E-state index in [-0.39, 0.29) is 11.1 Å². The number of hydrogen-bond donors (Lipinski definition) is 1. The van der Waals surface area contributed by atoms with E-state index in [2.05, 4.69) is 10.1 Å². The fourth-order valence-electron chi connectivity index (χ4n) is 1.76. The highest BCUT2D eigenvalue weighted by molar-refractivity contribution is 6.00. The van der Waals surface area contributed by atoms with Gasteiger partial charge in [-0.3, -0.25) is 4.68 Å². The Kier molecular flexibility index (Phi) is 2.16. The molecule has 2 aromatic heterocycles. The van der Waals surface area contributed by atoms with Gasteiger partial charge in [-0.25, -0.2) is 9.78 Å². The van der Waals surface area contributed by atoms with Gasteiger partial charge in [-0.2, -0.15) is 5.10 Å². The van der Waals surface area contributed by atoms with Crippen LogP contribution in [0.2, 0.25) is 0 Å². The van der Waals surface area contributed by atoms with Crippen LogP contribution in [0, 0.1) is 0 Å². The maximum Gasteiger partial charge on any atom is 0.339 e. The summed E-state index contributed by atoms with van der Waals surface area (Å²) in [6.07, 6.45) is 1.77. The van der Waals surface area contributed by atoms with E-state index >= 15 is 0 Å². The second-order valence-corrected chi connectivity index (χ2v) is 3.85. The minimum absolute atomic E-state index is 0.0992. The lowest BCUT2D eigenvalue weighted by atomic mass is 10.2. The Hall–Kier alpha value is -2.63. The molecule has 6 heteroatoms. The average Bonchev–Trinajstić information content (AvgIpc) is 2.93. The monoisotopic (exact) mass is 243 g/mol. The molecule has 1 N–H and O–H groups in total. The minimum Gasteiger partial charge on any atom is -0.478 e. The van der Waals surface area contributed by atoms with Gasteiger partial charge in [-0.05, 0) is 18.2 Å². The van der Waals surface area contributed by atoms with Crippen LogP contribution in [0.15, 0.2) is 34.9 Å². The van der Waals surface area contributed by atoms with Gasteiger partial charge in [-0.15, -0.1) is 0 Å². The van der Waals surface area contributed by atoms with Crippen LogP contribution in [0.25, 0.3) is 22.7 Å². The maximum atomic E-state index is 11.1. The number of aromatic carboxylic acids is 1. The summed E-state index contributed by atoms with van der Waals surface area (Å²) in [5.74, 6) is -0.719. The van der Waals surface area contributed by atoms with Crippen LogP contribution in [0.4, 0.5) is 0 Å². The molecule has 0 bridgehead atoms. The molecule has 0 spiro atoms. The van der Waals surface area contributed by atoms with E-state index < -0.39 is 5.97 Å². The molecule has 0 atom stereocenters. The van der Waals surface area contributed by atoms with E-state index in [0.29, 0.717) is 17.1 Å². The Labute approximate surface area is 101 Å². The Morgan fingerprint density at radius 1 is 1.39 bits per heavy atom. The smallest absolute Gasteiger partial charge is 0.339 e. The SMILES string of the molecule is Cn1ccc(-c2nc3cccc(C(=O)O)c3o2)n1. The van der Waals surface area contributed by atoms with Gasteiger partial charge >= 0.3 is 5.97 Å². The first-order valence-electron chi connectivity index (χ1n) is 5.28. The van der Waals surface area contributed by atoms with Crippen molar-refractivity contribution >= 4 is 17.1 Å². The topological polar surface area (TPSA) is 81.2 Å². The molecule has 1 aromatic carbocycles. The van der Waals surface area contributed by atoms with Gasteiger partial charge in [-0.1, -0.05) is 6.07 Å². The van der Waals surface area contributed by atoms with Crippen LogP contribution >= 0.6 is 0 Å². The number of para-hydroxylation sites is 1. The molecule has 0 fully saturated rings. The third-order valence-electron chi connectivity index (χ3n) is 2.58. The molecular formula is C12H9N3O3. The Balaban J connectivity index is 2.22. The zero-order chi connectivity index (χ0) is 12.7. The normalized spacial score (nSPS) is 10.9. The molecule has 0 amide bonds. The molecule has 18 heavy (non-hydrogen) atoms. The predicted octanol–water partition coefficient (Wildman–Crippen LogP) is 1.93. The molecule has 3 rings (SSSR count). The highest BCUT2D eigenvalue weighted by Crippen LogP contribution is 2.25. The highest BCUT2D eigenvalue weighted by atomic mass is 16.4. The van der Waals surface area contributed by atoms with E-state index in [1.54, 1.807) is 36.1 Å². The number of carbonyl (C=O) groups is 1. The van der Waals surface area contributed by atoms with E-state index in [9.17, 15) is 4.79 Å². The molecule has 0 saturated carbocycles. The number of carboxylic acid groups (broad SMARTS) is 1. The van der Waals surface area contributed by atoms with Crippen LogP contribution in [0.3, 0.4) is 0 Å². The second-order valence-electron chi connectivity index (χ2n) is 3.85. The molecule has 0 aliphatic rings. The van der Waals surface area contributed by atoms with E-state index in [1.165, 1.54) is 6.07 Å². The highest BCUT2D eigenvalue weighted by Gasteiger charge is 2.16. The Bertz CT molecular complexity index is 742. The van der Waals surface area contributed by atoms with Crippen molar-refractivity contribution < 1.29 is 14.3 Å². The van der Waals surface area contributed by atoms with Crippen molar-refractivity contribution in [2.75, 3.05) is 0 Å². The van der Waals surface area contributed by atoms with Gasteiger partial charge in [0, 0.05) is 13.2 Å². The van der Waals surface area contributed by atoms with Gasteiger partial charge < -0.3 is 9.52 Å². The molecule has 0 radical (unpaired) electrons. The first-order valence-corrected chi connectivity index (χ1v) is 5.28. The molecule has 6 nitrogen and oxygen atoms in total. The summed E-state index contributed by atoms with van der Waals surface area (Å²) in [4.78, 5) is 15.3. The van der Waals surface area contributed by atoms with Crippen LogP contribution in [-0.2, 0) is 7.05 Å². The summed E-state index contributed by atoms with van der Waals surface area (Å²) >= 11 is 0. The maximum absolute atomic E-state index is 11.1. The van der Waals surface area contributed by atoms with Crippen LogP contribution in [0.1, 0.15) is 10.4 Å². The lowest BCUT2D eigenvalue weighted by Crippen LogP contribution is -1.95. The van der Waals surface area contributed by atoms with Crippen LogP contribution < -0.4 is 0 Å². The summed E-state index contributed by atoms with van der Waals surface area (Å²) in [7, 11) is 1.79. The summed E-state index contributed by atoms with van der Waals surface area (Å²) in [6.45, 7) is 0. The number of fused-ring (bicyclic) bond motifs is 1. The summed E-state index contributed by atoms with van der Waals surface area (Å²) < 4.78 is 7.12. The number of benzene rings is 1. The van der Waals surface area contributed by atoms with Crippen molar-refractivity contribution in [2.45, 2.75) is 0 Å². The molecular weight excluding hydrogens is 234 g/mol. The number of aromatic nitrogens is 3. The van der Waals surface area contributed by atoms with Gasteiger partial charge in [0.15, 0.2) is 5.58 Å². The quantitative estimate of drug-likeness (QED) is 0.743. The van der Waals surface area contributed by atoms with E-state index in [4.69, 9.17) is 9.52 Å². The number of aryl methyl sites for hydroxylation is 1. The summed E-state index contributed by atoms with van der Waals surface area (Å²) in [5.41, 5.74) is 1.45. The molecule has 0 aliphatic carbocycles. The van der Waals surface area contributed by atoms with Crippen molar-refractivity contribution in [3.05, 3.63) is 36.0 Å². The van der Waals surface area contributed by atoms with E-state index in [1.807, 2.05) is 0 Å². The molecule has 0 unspecified atom stereocenters. The van der Waals surface area contributed by atoms with Crippen molar-refractivity contribution in [3.8, 4) is 11.6 Å². The zero-order valence-electron chi connectivity index (χ0n) is 9.49. The Morgan fingerprint density at radius 3 is 2.89 bits per heavy atom. The summed E-state index contributed by atoms with van der Waals surface area (Å²) in [6, 6.07) is 6.58. The minimum atomic E-state index is -1.04. The van der Waals surface area contributed by atoms with Gasteiger partial charge in [0.2, 0.25) is 5.89 Å². The van der Waals surface area contributed by atoms with E-state index in [0.717, 1.165) is 0 Å². The van der Waals surface area contributed by atoms with Gasteiger partial charge in [0.1, 0.15) is 16.8 Å². The lowest BCUT2D eigenvalue weighted by Gasteiger charge is -1.92. The number of rotatable bonds is 2. The number of nitrogens with zero attached hydrogens (tertiary/aromatic N) is 3. The molecule has 3 aromatic rings. The third-order valence-corrected chi connectivity index (χ3v) is 2.58. The molecule has 2 heterocycles. The Morgan fingerprint density at radius 2 is 2.22 bits per heavy atom. The third kappa shape index (κ3) is 1.55. The zero-order valence-corrected chi connectivity index (χ0v) is 9.49. The fraction of sp³-hybridized carbons (Fsp3) is 0.0833. The molecule has 0 saturated heterocycles. The van der Waals surface area contributed by atoms with Crippen molar-refractivity contribution in [3.63, 3.8) is 0 Å². The standard InChI is InChI=1S/C12H9N3O3/c1-15-6-5-9(14-15)11-13-8-4-2-3-7(12(16)17)10(8)18-11/h2-6H,1H3,(H,16,17). The van der Waals surface area contributed by atoms with Crippen molar-refractivity contribution in [1.29, 1.82) is 0 Å². The number of carboxylic acids is 1. The first-order chi connectivity index (χ1) is 8.65. The molecule has 0 aliphatic heterocycles.